The number of nitrogens with one attached hydrogen (secondary N) is 2. The second kappa shape index (κ2) is 9.66. The molecular weight excluding hydrogens is 412 g/mol. The minimum Gasteiger partial charge on any atom is -0.379 e. The number of anilines is 2. The molecule has 1 aromatic heterocycles. The van der Waals surface area contributed by atoms with Gasteiger partial charge < -0.3 is 34.5 Å². The number of hydrogen-bond donors (Lipinski definition) is 2. The van der Waals surface area contributed by atoms with Gasteiger partial charge in [-0.15, -0.1) is 0 Å². The van der Waals surface area contributed by atoms with Crippen LogP contribution in [0.1, 0.15) is 25.3 Å². The van der Waals surface area contributed by atoms with Crippen LogP contribution in [-0.2, 0) is 14.3 Å². The van der Waals surface area contributed by atoms with Gasteiger partial charge in [-0.05, 0) is 25.8 Å². The lowest BCUT2D eigenvalue weighted by molar-refractivity contribution is -0.118. The molecule has 3 fully saturated rings. The van der Waals surface area contributed by atoms with Crippen molar-refractivity contribution in [3.8, 4) is 11.4 Å². The largest absolute Gasteiger partial charge is 0.379 e. The summed E-state index contributed by atoms with van der Waals surface area (Å²) in [5.74, 6) is 0.502. The van der Waals surface area contributed by atoms with Crippen LogP contribution in [0.2, 0.25) is 0 Å². The summed E-state index contributed by atoms with van der Waals surface area (Å²) in [6, 6.07) is 6.39. The summed E-state index contributed by atoms with van der Waals surface area (Å²) in [6.07, 6.45) is 4.69. The van der Waals surface area contributed by atoms with Crippen molar-refractivity contribution in [2.45, 2.75) is 31.4 Å². The van der Waals surface area contributed by atoms with E-state index in [1.54, 1.807) is 12.0 Å². The molecule has 1 aromatic carbocycles. The molecular formula is C22H30N6O4. The quantitative estimate of drug-likeness (QED) is 0.494. The summed E-state index contributed by atoms with van der Waals surface area (Å²) in [5.41, 5.74) is 2.77. The van der Waals surface area contributed by atoms with Crippen molar-refractivity contribution < 1.29 is 18.8 Å². The number of benzene rings is 1. The molecule has 0 unspecified atom stereocenters. The Kier molecular flexibility index (Phi) is 6.71. The number of ether oxygens (including phenoxy) is 2. The van der Waals surface area contributed by atoms with E-state index in [0.717, 1.165) is 23.2 Å². The molecule has 2 aliphatic heterocycles. The number of methoxy groups -OCH3 is 1. The van der Waals surface area contributed by atoms with Crippen LogP contribution in [-0.4, -0.2) is 85.8 Å². The van der Waals surface area contributed by atoms with E-state index in [1.165, 1.54) is 19.1 Å². The van der Waals surface area contributed by atoms with E-state index in [9.17, 15) is 4.79 Å². The van der Waals surface area contributed by atoms with Crippen molar-refractivity contribution in [2.75, 3.05) is 56.7 Å². The van der Waals surface area contributed by atoms with Gasteiger partial charge in [0.1, 0.15) is 0 Å². The molecule has 0 radical (unpaired) electrons. The van der Waals surface area contributed by atoms with Crippen LogP contribution in [0.4, 0.5) is 11.7 Å². The molecule has 10 nitrogen and oxygen atoms in total. The van der Waals surface area contributed by atoms with Gasteiger partial charge in [0.2, 0.25) is 12.2 Å². The Bertz CT molecular complexity index is 932. The average molecular weight is 443 g/mol. The standard InChI is InChI=1S/C17H20N6O3.C5H10O/c18-8-13-2-1-12(7-15(13)19-14-9-25-10-14)16-20-17(26-21-16)23-5-3-22(11-24)4-6-23;1-5(6-2)3-4-5/h1-2,7-8,11,14,18-19H,3-6,9-10H2;3-4H2,1-2H3. The Morgan fingerprint density at radius 2 is 2.00 bits per heavy atom. The Labute approximate surface area is 187 Å². The van der Waals surface area contributed by atoms with E-state index in [-0.39, 0.29) is 6.04 Å². The van der Waals surface area contributed by atoms with Crippen molar-refractivity contribution in [3.63, 3.8) is 0 Å². The summed E-state index contributed by atoms with van der Waals surface area (Å²) in [7, 11) is 1.77. The third-order valence-corrected chi connectivity index (χ3v) is 6.06. The van der Waals surface area contributed by atoms with Crippen LogP contribution in [0, 0.1) is 5.41 Å². The first kappa shape index (κ1) is 22.2. The van der Waals surface area contributed by atoms with E-state index < -0.39 is 0 Å². The second-order valence-corrected chi connectivity index (χ2v) is 8.51. The molecule has 1 saturated carbocycles. The molecule has 3 aliphatic rings. The Morgan fingerprint density at radius 1 is 1.25 bits per heavy atom. The monoisotopic (exact) mass is 442 g/mol. The first-order valence-electron chi connectivity index (χ1n) is 10.9. The number of aromatic nitrogens is 2. The van der Waals surface area contributed by atoms with Gasteiger partial charge in [-0.3, -0.25) is 4.79 Å². The first-order valence-corrected chi connectivity index (χ1v) is 10.9. The fraction of sp³-hybridized carbons (Fsp3) is 0.545. The number of amides is 1. The van der Waals surface area contributed by atoms with Crippen molar-refractivity contribution in [3.05, 3.63) is 23.8 Å². The fourth-order valence-electron chi connectivity index (χ4n) is 3.35. The van der Waals surface area contributed by atoms with Crippen LogP contribution in [0.3, 0.4) is 0 Å². The summed E-state index contributed by atoms with van der Waals surface area (Å²) in [5, 5.41) is 15.0. The van der Waals surface area contributed by atoms with E-state index in [4.69, 9.17) is 19.4 Å². The SMILES string of the molecule is COC1(C)CC1.N=Cc1ccc(-c2noc(N3CCN(C=O)CC3)n2)cc1NC1COC1. The van der Waals surface area contributed by atoms with E-state index in [0.29, 0.717) is 56.8 Å². The van der Waals surface area contributed by atoms with Gasteiger partial charge in [-0.2, -0.15) is 4.98 Å². The van der Waals surface area contributed by atoms with Gasteiger partial charge in [0, 0.05) is 56.3 Å². The van der Waals surface area contributed by atoms with Gasteiger partial charge in [0.05, 0.1) is 24.9 Å². The topological polar surface area (TPSA) is 117 Å². The van der Waals surface area contributed by atoms with Gasteiger partial charge >= 0.3 is 6.01 Å². The molecule has 2 aromatic rings. The lowest BCUT2D eigenvalue weighted by atomic mass is 10.1. The molecule has 0 bridgehead atoms. The third-order valence-electron chi connectivity index (χ3n) is 6.06. The van der Waals surface area contributed by atoms with Crippen LogP contribution in [0.25, 0.3) is 11.4 Å². The fourth-order valence-corrected chi connectivity index (χ4v) is 3.35. The normalized spacial score (nSPS) is 19.4. The highest BCUT2D eigenvalue weighted by Crippen LogP contribution is 2.37. The maximum absolute atomic E-state index is 10.8. The van der Waals surface area contributed by atoms with Gasteiger partial charge in [-0.1, -0.05) is 17.3 Å². The maximum atomic E-state index is 10.8. The van der Waals surface area contributed by atoms with Gasteiger partial charge in [0.25, 0.3) is 0 Å². The summed E-state index contributed by atoms with van der Waals surface area (Å²) >= 11 is 0. The summed E-state index contributed by atoms with van der Waals surface area (Å²) in [4.78, 5) is 19.0. The van der Waals surface area contributed by atoms with Crippen molar-refractivity contribution in [2.24, 2.45) is 0 Å². The predicted molar refractivity (Wildman–Crippen MR) is 120 cm³/mol. The Balaban J connectivity index is 0.000000354. The molecule has 1 aliphatic carbocycles. The molecule has 0 atom stereocenters. The number of carbonyl (C=O) groups is 1. The molecule has 2 saturated heterocycles. The Hall–Kier alpha value is -2.98. The highest BCUT2D eigenvalue weighted by atomic mass is 16.5. The number of hydrogen-bond acceptors (Lipinski definition) is 9. The smallest absolute Gasteiger partial charge is 0.324 e. The van der Waals surface area contributed by atoms with E-state index in [2.05, 4.69) is 22.4 Å². The molecule has 10 heteroatoms. The number of rotatable bonds is 7. The van der Waals surface area contributed by atoms with Gasteiger partial charge in [-0.25, -0.2) is 0 Å². The highest BCUT2D eigenvalue weighted by molar-refractivity contribution is 5.87. The minimum atomic E-state index is 0.263. The molecule has 2 N–H and O–H groups in total. The Morgan fingerprint density at radius 3 is 2.53 bits per heavy atom. The van der Waals surface area contributed by atoms with Crippen LogP contribution in [0.5, 0.6) is 0 Å². The first-order chi connectivity index (χ1) is 15.5. The van der Waals surface area contributed by atoms with E-state index in [1.807, 2.05) is 23.1 Å². The lowest BCUT2D eigenvalue weighted by Crippen LogP contribution is -2.45. The third kappa shape index (κ3) is 5.25. The van der Waals surface area contributed by atoms with Crippen LogP contribution < -0.4 is 10.2 Å². The van der Waals surface area contributed by atoms with Gasteiger partial charge in [0.15, 0.2) is 0 Å². The second-order valence-electron chi connectivity index (χ2n) is 8.51. The van der Waals surface area contributed by atoms with Crippen LogP contribution >= 0.6 is 0 Å². The van der Waals surface area contributed by atoms with E-state index >= 15 is 0 Å². The molecule has 32 heavy (non-hydrogen) atoms. The summed E-state index contributed by atoms with van der Waals surface area (Å²) in [6.45, 7) is 6.09. The van der Waals surface area contributed by atoms with Crippen molar-refractivity contribution in [1.82, 2.24) is 15.0 Å². The minimum absolute atomic E-state index is 0.263. The zero-order valence-corrected chi connectivity index (χ0v) is 18.5. The number of nitrogens with zero attached hydrogens (tertiary/aromatic N) is 4. The van der Waals surface area contributed by atoms with Crippen molar-refractivity contribution in [1.29, 1.82) is 5.41 Å². The number of carbonyl (C=O) groups excluding carboxylic acids is 1. The highest BCUT2D eigenvalue weighted by Gasteiger charge is 2.36. The maximum Gasteiger partial charge on any atom is 0.324 e. The molecule has 3 heterocycles. The predicted octanol–water partition coefficient (Wildman–Crippen LogP) is 2.01. The molecule has 5 rings (SSSR count). The van der Waals surface area contributed by atoms with Crippen LogP contribution in [0.15, 0.2) is 22.7 Å². The zero-order chi connectivity index (χ0) is 22.6. The average Bonchev–Trinajstić information content (AvgIpc) is 3.35. The van der Waals surface area contributed by atoms with Crippen molar-refractivity contribution >= 4 is 24.3 Å². The molecule has 1 amide bonds. The molecule has 0 spiro atoms. The lowest BCUT2D eigenvalue weighted by Gasteiger charge is -2.30. The zero-order valence-electron chi connectivity index (χ0n) is 18.5. The summed E-state index contributed by atoms with van der Waals surface area (Å²) < 4.78 is 15.7. The number of piperazine rings is 1. The molecule has 172 valence electrons.